The fourth-order valence-corrected chi connectivity index (χ4v) is 10.3. The Bertz CT molecular complexity index is 2190. The van der Waals surface area contributed by atoms with Crippen molar-refractivity contribution in [2.75, 3.05) is 43.4 Å². The van der Waals surface area contributed by atoms with Crippen molar-refractivity contribution < 1.29 is 31.1 Å². The van der Waals surface area contributed by atoms with Crippen molar-refractivity contribution in [3.8, 4) is 23.2 Å². The predicted octanol–water partition coefficient (Wildman–Crippen LogP) is 7.45. The number of fused-ring (bicyclic) bond motifs is 5. The Morgan fingerprint density at radius 2 is 2.00 bits per heavy atom. The molecule has 15 heteroatoms. The first kappa shape index (κ1) is 32.8. The van der Waals surface area contributed by atoms with E-state index in [0.717, 1.165) is 63.3 Å². The second kappa shape index (κ2) is 11.4. The Kier molecular flexibility index (Phi) is 7.34. The van der Waals surface area contributed by atoms with Crippen LogP contribution in [-0.4, -0.2) is 64.8 Å². The van der Waals surface area contributed by atoms with Gasteiger partial charge in [-0.1, -0.05) is 6.07 Å². The molecule has 2 aromatic carbocycles. The Morgan fingerprint density at radius 1 is 1.18 bits per heavy atom. The van der Waals surface area contributed by atoms with E-state index < -0.39 is 34.5 Å². The Labute approximate surface area is 292 Å². The normalized spacial score (nSPS) is 27.2. The van der Waals surface area contributed by atoms with Crippen LogP contribution in [-0.2, 0) is 6.18 Å². The van der Waals surface area contributed by atoms with Gasteiger partial charge in [0.2, 0.25) is 0 Å². The number of aromatic nitrogens is 2. The highest BCUT2D eigenvalue weighted by atomic mass is 32.1. The van der Waals surface area contributed by atoms with Crippen molar-refractivity contribution >= 4 is 43.1 Å². The van der Waals surface area contributed by atoms with Gasteiger partial charge in [0.25, 0.3) is 0 Å². The van der Waals surface area contributed by atoms with Crippen molar-refractivity contribution in [2.24, 2.45) is 5.92 Å². The zero-order valence-corrected chi connectivity index (χ0v) is 28.2. The summed E-state index contributed by atoms with van der Waals surface area (Å²) < 4.78 is 97.2. The lowest BCUT2D eigenvalue weighted by Gasteiger charge is -2.42. The van der Waals surface area contributed by atoms with E-state index in [1.807, 2.05) is 11.0 Å². The average Bonchev–Trinajstić information content (AvgIpc) is 3.56. The summed E-state index contributed by atoms with van der Waals surface area (Å²) in [6.07, 6.45) is 1.59. The largest absolute Gasteiger partial charge is 0.461 e. The topological polar surface area (TPSA) is 103 Å². The molecule has 3 atom stereocenters. The number of ether oxygens (including phenoxy) is 1. The van der Waals surface area contributed by atoms with E-state index in [9.17, 15) is 14.0 Å². The number of rotatable bonds is 6. The number of nitrogens with one attached hydrogen (secondary N) is 1. The molecule has 2 aromatic heterocycles. The lowest BCUT2D eigenvalue weighted by Crippen LogP contribution is -2.61. The van der Waals surface area contributed by atoms with Crippen LogP contribution in [0.3, 0.4) is 0 Å². The summed E-state index contributed by atoms with van der Waals surface area (Å²) in [6.45, 7) is 2.24. The van der Waals surface area contributed by atoms with E-state index >= 15 is 17.6 Å². The van der Waals surface area contributed by atoms with Crippen LogP contribution < -0.4 is 20.7 Å². The van der Waals surface area contributed by atoms with E-state index in [1.165, 1.54) is 0 Å². The van der Waals surface area contributed by atoms with Gasteiger partial charge in [0.05, 0.1) is 27.7 Å². The molecule has 5 aliphatic rings. The minimum atomic E-state index is -5.06. The number of nitrogens with two attached hydrogens (primary N) is 1. The van der Waals surface area contributed by atoms with Crippen molar-refractivity contribution in [1.82, 2.24) is 20.2 Å². The molecule has 2 bridgehead atoms. The molecule has 4 saturated heterocycles. The quantitative estimate of drug-likeness (QED) is 0.198. The first-order valence-electron chi connectivity index (χ1n) is 17.1. The zero-order chi connectivity index (χ0) is 35.4. The van der Waals surface area contributed by atoms with Crippen molar-refractivity contribution in [1.29, 1.82) is 5.26 Å². The average molecular weight is 726 g/mol. The zero-order valence-electron chi connectivity index (χ0n) is 27.3. The lowest BCUT2D eigenvalue weighted by molar-refractivity contribution is -0.137. The molecule has 5 fully saturated rings. The smallest absolute Gasteiger partial charge is 0.417 e. The summed E-state index contributed by atoms with van der Waals surface area (Å²) in [7, 11) is 0. The van der Waals surface area contributed by atoms with E-state index in [0.29, 0.717) is 55.2 Å². The highest BCUT2D eigenvalue weighted by molar-refractivity contribution is 7.23. The molecule has 0 radical (unpaired) electrons. The summed E-state index contributed by atoms with van der Waals surface area (Å²) in [5.74, 6) is -1.52. The first-order chi connectivity index (χ1) is 24.4. The molecule has 0 spiro atoms. The number of anilines is 2. The molecule has 266 valence electrons. The number of nitrogens with zero attached hydrogens (tertiary/aromatic N) is 5. The summed E-state index contributed by atoms with van der Waals surface area (Å²) in [6, 6.07) is 4.59. The van der Waals surface area contributed by atoms with Crippen molar-refractivity contribution in [2.45, 2.75) is 68.2 Å². The third kappa shape index (κ3) is 5.08. The van der Waals surface area contributed by atoms with Gasteiger partial charge in [-0.25, -0.2) is 13.2 Å². The Balaban J connectivity index is 1.25. The molecule has 51 heavy (non-hydrogen) atoms. The van der Waals surface area contributed by atoms with Gasteiger partial charge in [0, 0.05) is 47.6 Å². The second-order valence-corrected chi connectivity index (χ2v) is 15.8. The van der Waals surface area contributed by atoms with Gasteiger partial charge >= 0.3 is 12.2 Å². The number of halogens is 6. The molecule has 0 unspecified atom stereocenters. The molecule has 9 rings (SSSR count). The standard InChI is InChI=1S/C36H33F6N7OS/c37-12-18-11-34(7-1-9-49(34)14-18)17-50-33-45-29-22(32(46-33)48-15-20-6-8-35(16-48,47-20)19-2-3-19)10-24(36(40,41)42)27(28(29)39)21-4-5-25(38)30-26(21)23(13-43)31(44)51-30/h4-5,10,12,19-20,47H,1-3,6-9,11,14-17,44H2/b18-12+/t20-,34-,35+/m0/s1. The van der Waals surface area contributed by atoms with E-state index in [-0.39, 0.29) is 67.1 Å². The number of benzene rings is 2. The number of nitrogen functional groups attached to an aromatic ring is 1. The number of hydrogen-bond donors (Lipinski definition) is 2. The van der Waals surface area contributed by atoms with Gasteiger partial charge in [-0.05, 0) is 80.7 Å². The molecular formula is C36H33F6N7OS. The Morgan fingerprint density at radius 3 is 2.75 bits per heavy atom. The summed E-state index contributed by atoms with van der Waals surface area (Å²) in [5.41, 5.74) is 2.80. The monoisotopic (exact) mass is 725 g/mol. The van der Waals surface area contributed by atoms with Gasteiger partial charge in [-0.2, -0.15) is 28.4 Å². The molecule has 4 aromatic rings. The predicted molar refractivity (Wildman–Crippen MR) is 181 cm³/mol. The van der Waals surface area contributed by atoms with Gasteiger partial charge in [0.1, 0.15) is 34.8 Å². The Hall–Kier alpha value is -4.13. The molecule has 1 aliphatic carbocycles. The van der Waals surface area contributed by atoms with Gasteiger partial charge in [-0.3, -0.25) is 4.90 Å². The summed E-state index contributed by atoms with van der Waals surface area (Å²) in [4.78, 5) is 13.2. The summed E-state index contributed by atoms with van der Waals surface area (Å²) in [5, 5.41) is 13.2. The van der Waals surface area contributed by atoms with Gasteiger partial charge in [0.15, 0.2) is 5.82 Å². The maximum atomic E-state index is 17.2. The van der Waals surface area contributed by atoms with E-state index in [1.54, 1.807) is 0 Å². The first-order valence-corrected chi connectivity index (χ1v) is 18.0. The maximum Gasteiger partial charge on any atom is 0.417 e. The highest BCUT2D eigenvalue weighted by Crippen LogP contribution is 2.51. The van der Waals surface area contributed by atoms with Crippen molar-refractivity contribution in [3.63, 3.8) is 0 Å². The molecular weight excluding hydrogens is 692 g/mol. The van der Waals surface area contributed by atoms with Crippen LogP contribution in [0, 0.1) is 28.9 Å². The fourth-order valence-electron chi connectivity index (χ4n) is 9.31. The van der Waals surface area contributed by atoms with Crippen LogP contribution in [0.5, 0.6) is 6.01 Å². The van der Waals surface area contributed by atoms with E-state index in [2.05, 4.69) is 15.2 Å². The number of nitriles is 1. The van der Waals surface area contributed by atoms with Crippen LogP contribution in [0.25, 0.3) is 32.1 Å². The SMILES string of the molecule is N#Cc1c(N)sc2c(F)ccc(-c3c(C(F)(F)F)cc4c(N5C[C@@H]6CC[C@](C7CC7)(C5)N6)nc(OC[C@@]56CCCN5C/C(=C/F)C6)nc4c3F)c12. The maximum absolute atomic E-state index is 17.2. The molecule has 6 heterocycles. The van der Waals surface area contributed by atoms with Crippen molar-refractivity contribution in [3.05, 3.63) is 52.9 Å². The van der Waals surface area contributed by atoms with Gasteiger partial charge in [-0.15, -0.1) is 11.3 Å². The van der Waals surface area contributed by atoms with Crippen LogP contribution in [0.2, 0.25) is 0 Å². The summed E-state index contributed by atoms with van der Waals surface area (Å²) >= 11 is 0.713. The molecule has 3 N–H and O–H groups in total. The number of alkyl halides is 3. The molecule has 4 aliphatic heterocycles. The number of hydrogen-bond acceptors (Lipinski definition) is 9. The van der Waals surface area contributed by atoms with Crippen LogP contribution in [0.15, 0.2) is 30.1 Å². The molecule has 8 nitrogen and oxygen atoms in total. The lowest BCUT2D eigenvalue weighted by atomic mass is 9.90. The van der Waals surface area contributed by atoms with Crippen LogP contribution >= 0.6 is 11.3 Å². The highest BCUT2D eigenvalue weighted by Gasteiger charge is 2.54. The number of thiophene rings is 1. The van der Waals surface area contributed by atoms with E-state index in [4.69, 9.17) is 15.5 Å². The minimum Gasteiger partial charge on any atom is -0.461 e. The molecule has 0 amide bonds. The number of piperazine rings is 1. The third-order valence-electron chi connectivity index (χ3n) is 11.7. The van der Waals surface area contributed by atoms with Gasteiger partial charge < -0.3 is 20.7 Å². The molecule has 1 saturated carbocycles. The minimum absolute atomic E-state index is 0.0798. The third-order valence-corrected chi connectivity index (χ3v) is 12.7. The van der Waals surface area contributed by atoms with Crippen LogP contribution in [0.1, 0.15) is 56.1 Å². The fraction of sp³-hybridized carbons (Fsp3) is 0.472. The second-order valence-electron chi connectivity index (χ2n) is 14.8. The van der Waals surface area contributed by atoms with Crippen LogP contribution in [0.4, 0.5) is 37.2 Å².